The molecule has 1 aromatic carbocycles. The maximum absolute atomic E-state index is 13.1. The Kier molecular flexibility index (Phi) is 12.1. The molecule has 4 aliphatic rings. The number of halogens is 1. The molecule has 0 amide bonds. The molecule has 0 aliphatic heterocycles. The molecular weight excluding hydrogens is 662 g/mol. The Hall–Kier alpha value is -2.97. The Morgan fingerprint density at radius 3 is 2.69 bits per heavy atom. The highest BCUT2D eigenvalue weighted by atomic mass is 35.5. The van der Waals surface area contributed by atoms with E-state index in [1.165, 1.54) is 5.57 Å². The maximum atomic E-state index is 13.1. The summed E-state index contributed by atoms with van der Waals surface area (Å²) in [6, 6.07) is 8.06. The first kappa shape index (κ1) is 37.8. The number of nitrogens with zero attached hydrogens (tertiary/aromatic N) is 2. The fraction of sp³-hybridized carbons (Fsp3) is 0.667. The van der Waals surface area contributed by atoms with Crippen molar-refractivity contribution in [3.63, 3.8) is 0 Å². The first-order chi connectivity index (χ1) is 24.5. The van der Waals surface area contributed by atoms with Crippen LogP contribution in [0.4, 0.5) is 5.69 Å². The lowest BCUT2D eigenvalue weighted by atomic mass is 9.47. The van der Waals surface area contributed by atoms with Gasteiger partial charge < -0.3 is 19.7 Å². The van der Waals surface area contributed by atoms with Gasteiger partial charge in [0.05, 0.1) is 18.4 Å². The van der Waals surface area contributed by atoms with Gasteiger partial charge in [0.1, 0.15) is 12.7 Å². The van der Waals surface area contributed by atoms with Gasteiger partial charge in [0.25, 0.3) is 0 Å². The van der Waals surface area contributed by atoms with E-state index in [1.54, 1.807) is 6.20 Å². The van der Waals surface area contributed by atoms with Crippen LogP contribution in [0.1, 0.15) is 98.8 Å². The van der Waals surface area contributed by atoms with Crippen LogP contribution in [0.5, 0.6) is 0 Å². The van der Waals surface area contributed by atoms with Gasteiger partial charge in [0, 0.05) is 46.7 Å². The molecule has 278 valence electrons. The summed E-state index contributed by atoms with van der Waals surface area (Å²) in [5.74, 6) is 2.99. The van der Waals surface area contributed by atoms with E-state index >= 15 is 0 Å². The number of ketones is 1. The summed E-state index contributed by atoms with van der Waals surface area (Å²) in [5.41, 5.74) is 3.28. The van der Waals surface area contributed by atoms with Crippen LogP contribution in [0, 0.1) is 40.9 Å². The Balaban J connectivity index is 0.898. The Bertz CT molecular complexity index is 1610. The third-order valence-electron chi connectivity index (χ3n) is 13.0. The second kappa shape index (κ2) is 16.4. The number of carbonyl (C=O) groups is 3. The van der Waals surface area contributed by atoms with Crippen LogP contribution in [-0.4, -0.2) is 66.0 Å². The molecule has 3 fully saturated rings. The molecular formula is C42H58ClN3O5. The molecule has 2 aromatic rings. The van der Waals surface area contributed by atoms with E-state index in [4.69, 9.17) is 21.1 Å². The molecule has 1 aromatic heterocycles. The molecule has 0 saturated heterocycles. The van der Waals surface area contributed by atoms with Gasteiger partial charge in [0.15, 0.2) is 5.78 Å². The van der Waals surface area contributed by atoms with Crippen LogP contribution in [0.15, 0.2) is 42.1 Å². The fourth-order valence-electron chi connectivity index (χ4n) is 10.7. The molecule has 6 rings (SSSR count). The number of esters is 2. The zero-order valence-corrected chi connectivity index (χ0v) is 32.1. The number of fused-ring (bicyclic) bond motifs is 6. The molecule has 4 aliphatic carbocycles. The number of rotatable bonds is 14. The number of benzene rings is 1. The molecule has 1 N–H and O–H groups in total. The monoisotopic (exact) mass is 719 g/mol. The maximum Gasteiger partial charge on any atom is 0.306 e. The molecule has 8 nitrogen and oxygen atoms in total. The van der Waals surface area contributed by atoms with Crippen molar-refractivity contribution in [3.8, 4) is 0 Å². The van der Waals surface area contributed by atoms with Crippen molar-refractivity contribution in [2.24, 2.45) is 40.9 Å². The summed E-state index contributed by atoms with van der Waals surface area (Å²) < 4.78 is 11.7. The van der Waals surface area contributed by atoms with Gasteiger partial charge in [-0.15, -0.1) is 0 Å². The second-order valence-corrected chi connectivity index (χ2v) is 16.8. The van der Waals surface area contributed by atoms with Crippen molar-refractivity contribution in [1.29, 1.82) is 0 Å². The Morgan fingerprint density at radius 2 is 1.88 bits per heavy atom. The van der Waals surface area contributed by atoms with Crippen LogP contribution in [0.25, 0.3) is 10.9 Å². The normalized spacial score (nSPS) is 30.6. The van der Waals surface area contributed by atoms with E-state index < -0.39 is 0 Å². The van der Waals surface area contributed by atoms with Crippen molar-refractivity contribution in [3.05, 3.63) is 47.1 Å². The smallest absolute Gasteiger partial charge is 0.306 e. The number of hydrogen-bond donors (Lipinski definition) is 1. The Morgan fingerprint density at radius 1 is 1.08 bits per heavy atom. The van der Waals surface area contributed by atoms with Crippen LogP contribution in [-0.2, 0) is 23.9 Å². The average molecular weight is 720 g/mol. The van der Waals surface area contributed by atoms with Gasteiger partial charge in [-0.1, -0.05) is 44.9 Å². The summed E-state index contributed by atoms with van der Waals surface area (Å²) in [4.78, 5) is 44.6. The van der Waals surface area contributed by atoms with Gasteiger partial charge in [0.2, 0.25) is 0 Å². The van der Waals surface area contributed by atoms with E-state index in [-0.39, 0.29) is 42.3 Å². The van der Waals surface area contributed by atoms with Crippen molar-refractivity contribution in [2.75, 3.05) is 31.6 Å². The van der Waals surface area contributed by atoms with Gasteiger partial charge in [-0.2, -0.15) is 0 Å². The third-order valence-corrected chi connectivity index (χ3v) is 13.2. The van der Waals surface area contributed by atoms with Crippen molar-refractivity contribution < 1.29 is 23.9 Å². The number of nitrogens with one attached hydrogen (secondary N) is 1. The minimum Gasteiger partial charge on any atom is -0.464 e. The zero-order chi connectivity index (χ0) is 36.3. The van der Waals surface area contributed by atoms with E-state index in [9.17, 15) is 14.4 Å². The van der Waals surface area contributed by atoms with Crippen LogP contribution >= 0.6 is 11.6 Å². The first-order valence-electron chi connectivity index (χ1n) is 19.6. The van der Waals surface area contributed by atoms with Crippen molar-refractivity contribution in [1.82, 2.24) is 9.88 Å². The van der Waals surface area contributed by atoms with Crippen LogP contribution in [0.2, 0.25) is 5.02 Å². The lowest BCUT2D eigenvalue weighted by Gasteiger charge is -2.58. The fourth-order valence-corrected chi connectivity index (χ4v) is 10.9. The van der Waals surface area contributed by atoms with Gasteiger partial charge in [-0.25, -0.2) is 0 Å². The highest BCUT2D eigenvalue weighted by Crippen LogP contribution is 2.65. The number of hydrogen-bond acceptors (Lipinski definition) is 8. The SMILES string of the molecule is CCN(CCCC(C)Nc1ccnc2cc(Cl)ccc12)CCOC(=O)CCC(=O)OC1CCC2C3C(C(C)CC12C)C1CCC(=O)C=C1C[C@H]3C. The van der Waals surface area contributed by atoms with E-state index in [2.05, 4.69) is 49.8 Å². The standard InChI is InChI=1S/C42H58ClN3O5/c1-6-46(19-7-8-28(4)45-35-17-18-44-36-24-30(43)9-11-33(35)36)20-21-50-38(48)15-16-39(49)51-37-14-13-34-41-26(2)22-29-23-31(47)10-12-32(29)40(41)27(3)25-42(34,37)5/h9,11,17-18,23-24,26-28,32,34,37,40-41H,6-8,10,12-16,19-22,25H2,1-5H3,(H,44,45)/t26-,27?,28?,32?,34?,37?,40?,41?,42?/m1/s1. The number of allylic oxidation sites excluding steroid dienone is 1. The first-order valence-corrected chi connectivity index (χ1v) is 20.0. The molecule has 51 heavy (non-hydrogen) atoms. The highest BCUT2D eigenvalue weighted by Gasteiger charge is 2.61. The van der Waals surface area contributed by atoms with Crippen LogP contribution in [0.3, 0.4) is 0 Å². The molecule has 0 bridgehead atoms. The number of ether oxygens (including phenoxy) is 2. The number of likely N-dealkylation sites (N-methyl/N-ethyl adjacent to an activating group) is 1. The van der Waals surface area contributed by atoms with Gasteiger partial charge in [-0.05, 0) is 131 Å². The van der Waals surface area contributed by atoms with Crippen molar-refractivity contribution in [2.45, 2.75) is 111 Å². The predicted octanol–water partition coefficient (Wildman–Crippen LogP) is 8.66. The number of carbonyl (C=O) groups excluding carboxylic acids is 3. The molecule has 1 heterocycles. The van der Waals surface area contributed by atoms with Crippen molar-refractivity contribution >= 4 is 45.9 Å². The summed E-state index contributed by atoms with van der Waals surface area (Å²) >= 11 is 6.14. The lowest BCUT2D eigenvalue weighted by Crippen LogP contribution is -2.54. The van der Waals surface area contributed by atoms with E-state index in [0.29, 0.717) is 65.9 Å². The minimum absolute atomic E-state index is 0.0452. The number of aromatic nitrogens is 1. The largest absolute Gasteiger partial charge is 0.464 e. The summed E-state index contributed by atoms with van der Waals surface area (Å²) in [5, 5.41) is 5.36. The summed E-state index contributed by atoms with van der Waals surface area (Å²) in [7, 11) is 0. The quantitative estimate of drug-likeness (QED) is 0.194. The van der Waals surface area contributed by atoms with Gasteiger partial charge >= 0.3 is 11.9 Å². The number of pyridine rings is 1. The second-order valence-electron chi connectivity index (χ2n) is 16.4. The highest BCUT2D eigenvalue weighted by molar-refractivity contribution is 6.31. The zero-order valence-electron chi connectivity index (χ0n) is 31.3. The van der Waals surface area contributed by atoms with Crippen LogP contribution < -0.4 is 5.32 Å². The molecule has 9 atom stereocenters. The third kappa shape index (κ3) is 8.48. The molecule has 8 unspecified atom stereocenters. The molecule has 3 saturated carbocycles. The summed E-state index contributed by atoms with van der Waals surface area (Å²) in [6.07, 6.45) is 11.5. The summed E-state index contributed by atoms with van der Waals surface area (Å²) in [6.45, 7) is 14.2. The Labute approximate surface area is 309 Å². The molecule has 0 radical (unpaired) electrons. The van der Waals surface area contributed by atoms with E-state index in [1.807, 2.05) is 30.3 Å². The van der Waals surface area contributed by atoms with E-state index in [0.717, 1.165) is 74.6 Å². The molecule has 9 heteroatoms. The molecule has 0 spiro atoms. The minimum atomic E-state index is -0.345. The lowest BCUT2D eigenvalue weighted by molar-refractivity contribution is -0.164. The van der Waals surface area contributed by atoms with Gasteiger partial charge in [-0.3, -0.25) is 19.4 Å². The number of anilines is 1. The predicted molar refractivity (Wildman–Crippen MR) is 202 cm³/mol. The topological polar surface area (TPSA) is 97.8 Å². The average Bonchev–Trinajstić information content (AvgIpc) is 3.40.